The van der Waals surface area contributed by atoms with Crippen LogP contribution in [0.3, 0.4) is 0 Å². The van der Waals surface area contributed by atoms with Crippen LogP contribution in [0.2, 0.25) is 0 Å². The molecule has 0 bridgehead atoms. The molecule has 1 aromatic heterocycles. The summed E-state index contributed by atoms with van der Waals surface area (Å²) in [7, 11) is 0. The molecule has 1 heterocycles. The first-order chi connectivity index (χ1) is 29.5. The zero-order valence-electron chi connectivity index (χ0n) is 37.9. The number of benzene rings is 7. The lowest BCUT2D eigenvalue weighted by Crippen LogP contribution is -2.17. The van der Waals surface area contributed by atoms with Gasteiger partial charge in [-0.05, 0) is 122 Å². The van der Waals surface area contributed by atoms with Gasteiger partial charge in [-0.25, -0.2) is 0 Å². The van der Waals surface area contributed by atoms with Gasteiger partial charge in [0, 0.05) is 44.6 Å². The first kappa shape index (κ1) is 39.7. The molecule has 2 heteroatoms. The van der Waals surface area contributed by atoms with Crippen LogP contribution in [0.15, 0.2) is 168 Å². The third-order valence-corrected chi connectivity index (χ3v) is 13.8. The van der Waals surface area contributed by atoms with Gasteiger partial charge in [0.1, 0.15) is 11.5 Å². The maximum atomic E-state index is 7.16. The highest BCUT2D eigenvalue weighted by Crippen LogP contribution is 2.58. The average Bonchev–Trinajstić information content (AvgIpc) is 3.85. The Hall–Kier alpha value is -6.38. The van der Waals surface area contributed by atoms with Crippen molar-refractivity contribution in [3.05, 3.63) is 197 Å². The van der Waals surface area contributed by atoms with Crippen molar-refractivity contribution in [3.63, 3.8) is 0 Å². The van der Waals surface area contributed by atoms with E-state index in [1.807, 2.05) is 0 Å². The molecule has 308 valence electrons. The van der Waals surface area contributed by atoms with Crippen molar-refractivity contribution in [2.75, 3.05) is 4.90 Å². The molecule has 0 aliphatic heterocycles. The minimum atomic E-state index is -0.305. The monoisotopic (exact) mass is 807 g/mol. The van der Waals surface area contributed by atoms with E-state index in [0.717, 1.165) is 45.3 Å². The van der Waals surface area contributed by atoms with Gasteiger partial charge in [-0.3, -0.25) is 0 Å². The maximum Gasteiger partial charge on any atom is 0.142 e. The standard InChI is InChI=1S/C60H57NO/c1-57(2,3)42-27-23-38(24-28-42)39-25-30-44(31-26-39)61(46-32-34-48-47-21-14-15-22-50(47)59(7,8)52(48)37-46)45-20-16-19-41(35-45)53-54-49-33-29-43(58(4,5)6)36-51(49)60(9,10)56(54)62-55(53)40-17-12-11-13-18-40/h11-37H,1-10H3. The Labute approximate surface area is 368 Å². The molecule has 0 atom stereocenters. The van der Waals surface area contributed by atoms with Gasteiger partial charge in [-0.15, -0.1) is 0 Å². The van der Waals surface area contributed by atoms with Crippen LogP contribution in [0.1, 0.15) is 103 Å². The molecule has 2 aliphatic rings. The minimum Gasteiger partial charge on any atom is -0.459 e. The first-order valence-corrected chi connectivity index (χ1v) is 22.3. The summed E-state index contributed by atoms with van der Waals surface area (Å²) in [5.41, 5.74) is 20.6. The van der Waals surface area contributed by atoms with Gasteiger partial charge in [-0.1, -0.05) is 183 Å². The molecule has 0 saturated heterocycles. The van der Waals surface area contributed by atoms with E-state index in [1.165, 1.54) is 61.2 Å². The fraction of sp³-hybridized carbons (Fsp3) is 0.233. The molecular weight excluding hydrogens is 751 g/mol. The van der Waals surface area contributed by atoms with Crippen molar-refractivity contribution in [2.45, 2.75) is 90.9 Å². The summed E-state index contributed by atoms with van der Waals surface area (Å²) in [6.45, 7) is 23.0. The number of fused-ring (bicyclic) bond motifs is 6. The predicted molar refractivity (Wildman–Crippen MR) is 262 cm³/mol. The Balaban J connectivity index is 1.15. The number of hydrogen-bond acceptors (Lipinski definition) is 2. The minimum absolute atomic E-state index is 0.0370. The van der Waals surface area contributed by atoms with E-state index in [0.29, 0.717) is 0 Å². The van der Waals surface area contributed by atoms with Crippen LogP contribution in [0.25, 0.3) is 55.8 Å². The molecule has 0 unspecified atom stereocenters. The fourth-order valence-electron chi connectivity index (χ4n) is 10.1. The van der Waals surface area contributed by atoms with Gasteiger partial charge >= 0.3 is 0 Å². The van der Waals surface area contributed by atoms with Crippen molar-refractivity contribution in [1.29, 1.82) is 0 Å². The van der Waals surface area contributed by atoms with Crippen LogP contribution >= 0.6 is 0 Å². The molecule has 8 aromatic rings. The number of nitrogens with zero attached hydrogens (tertiary/aromatic N) is 1. The summed E-state index contributed by atoms with van der Waals surface area (Å²) in [5, 5.41) is 0. The SMILES string of the molecule is CC(C)(C)c1ccc(-c2ccc(N(c3cccc(-c4c(-c5ccccc5)oc5c4-c4ccc(C(C)(C)C)cc4C5(C)C)c3)c3ccc4c(c3)C(C)(C)c3ccccc3-4)cc2)cc1. The summed E-state index contributed by atoms with van der Waals surface area (Å²) >= 11 is 0. The van der Waals surface area contributed by atoms with Crippen LogP contribution in [0.4, 0.5) is 17.1 Å². The molecule has 2 aliphatic carbocycles. The lowest BCUT2D eigenvalue weighted by Gasteiger charge is -2.28. The van der Waals surface area contributed by atoms with Gasteiger partial charge in [0.05, 0.1) is 0 Å². The number of rotatable bonds is 6. The molecule has 0 N–H and O–H groups in total. The lowest BCUT2D eigenvalue weighted by atomic mass is 9.80. The molecule has 62 heavy (non-hydrogen) atoms. The third-order valence-electron chi connectivity index (χ3n) is 13.8. The average molecular weight is 808 g/mol. The highest BCUT2D eigenvalue weighted by Gasteiger charge is 2.43. The summed E-state index contributed by atoms with van der Waals surface area (Å²) in [5.74, 6) is 1.94. The maximum absolute atomic E-state index is 7.16. The second kappa shape index (κ2) is 14.1. The molecule has 0 amide bonds. The zero-order valence-corrected chi connectivity index (χ0v) is 37.9. The van der Waals surface area contributed by atoms with E-state index in [2.05, 4.69) is 238 Å². The number of hydrogen-bond donors (Lipinski definition) is 0. The van der Waals surface area contributed by atoms with Gasteiger partial charge in [0.25, 0.3) is 0 Å². The summed E-state index contributed by atoms with van der Waals surface area (Å²) < 4.78 is 7.16. The molecular formula is C60H57NO. The molecule has 0 fully saturated rings. The van der Waals surface area contributed by atoms with Crippen LogP contribution in [-0.4, -0.2) is 0 Å². The molecule has 0 spiro atoms. The predicted octanol–water partition coefficient (Wildman–Crippen LogP) is 17.0. The highest BCUT2D eigenvalue weighted by molar-refractivity contribution is 5.99. The molecule has 0 saturated carbocycles. The fourth-order valence-corrected chi connectivity index (χ4v) is 10.1. The number of anilines is 3. The summed E-state index contributed by atoms with van der Waals surface area (Å²) in [6, 6.07) is 60.9. The van der Waals surface area contributed by atoms with E-state index in [4.69, 9.17) is 4.42 Å². The second-order valence-electron chi connectivity index (χ2n) is 20.7. The van der Waals surface area contributed by atoms with Crippen LogP contribution < -0.4 is 4.90 Å². The van der Waals surface area contributed by atoms with E-state index >= 15 is 0 Å². The highest BCUT2D eigenvalue weighted by atomic mass is 16.3. The Kier molecular flexibility index (Phi) is 9.02. The van der Waals surface area contributed by atoms with Gasteiger partial charge in [-0.2, -0.15) is 0 Å². The van der Waals surface area contributed by atoms with Crippen molar-refractivity contribution in [1.82, 2.24) is 0 Å². The van der Waals surface area contributed by atoms with Crippen molar-refractivity contribution >= 4 is 17.1 Å². The van der Waals surface area contributed by atoms with Crippen LogP contribution in [0, 0.1) is 0 Å². The van der Waals surface area contributed by atoms with E-state index in [-0.39, 0.29) is 21.7 Å². The van der Waals surface area contributed by atoms with Crippen LogP contribution in [0.5, 0.6) is 0 Å². The Bertz CT molecular complexity index is 3000. The summed E-state index contributed by atoms with van der Waals surface area (Å²) in [4.78, 5) is 2.44. The quantitative estimate of drug-likeness (QED) is 0.166. The van der Waals surface area contributed by atoms with Gasteiger partial charge in [0.15, 0.2) is 0 Å². The first-order valence-electron chi connectivity index (χ1n) is 22.3. The third kappa shape index (κ3) is 6.37. The lowest BCUT2D eigenvalue weighted by molar-refractivity contribution is 0.447. The number of furan rings is 1. The van der Waals surface area contributed by atoms with E-state index in [9.17, 15) is 0 Å². The molecule has 7 aromatic carbocycles. The largest absolute Gasteiger partial charge is 0.459 e. The molecule has 0 radical (unpaired) electrons. The van der Waals surface area contributed by atoms with Gasteiger partial charge in [0.2, 0.25) is 0 Å². The second-order valence-corrected chi connectivity index (χ2v) is 20.7. The summed E-state index contributed by atoms with van der Waals surface area (Å²) in [6.07, 6.45) is 0. The van der Waals surface area contributed by atoms with Crippen molar-refractivity contribution < 1.29 is 4.42 Å². The topological polar surface area (TPSA) is 16.4 Å². The Morgan fingerprint density at radius 2 is 0.935 bits per heavy atom. The van der Waals surface area contributed by atoms with Crippen LogP contribution in [-0.2, 0) is 21.7 Å². The zero-order chi connectivity index (χ0) is 43.3. The van der Waals surface area contributed by atoms with E-state index < -0.39 is 0 Å². The molecule has 10 rings (SSSR count). The molecule has 2 nitrogen and oxygen atoms in total. The van der Waals surface area contributed by atoms with Crippen molar-refractivity contribution in [3.8, 4) is 55.8 Å². The van der Waals surface area contributed by atoms with E-state index in [1.54, 1.807) is 0 Å². The normalized spacial score (nSPS) is 14.5. The Morgan fingerprint density at radius 3 is 1.63 bits per heavy atom. The van der Waals surface area contributed by atoms with Crippen molar-refractivity contribution in [2.24, 2.45) is 0 Å². The Morgan fingerprint density at radius 1 is 0.387 bits per heavy atom. The van der Waals surface area contributed by atoms with Gasteiger partial charge < -0.3 is 9.32 Å². The smallest absolute Gasteiger partial charge is 0.142 e.